The number of hydrogen-bond acceptors (Lipinski definition) is 6. The van der Waals surface area contributed by atoms with Crippen LogP contribution in [-0.4, -0.2) is 18.1 Å². The van der Waals surface area contributed by atoms with Crippen molar-refractivity contribution >= 4 is 49.6 Å². The molecule has 2 aromatic heterocycles. The number of ether oxygens (including phenoxy) is 1. The normalized spacial score (nSPS) is 11.6. The summed E-state index contributed by atoms with van der Waals surface area (Å²) >= 11 is 5.09. The third kappa shape index (κ3) is 6.11. The Balaban J connectivity index is 1.39. The Morgan fingerprint density at radius 2 is 1.59 bits per heavy atom. The van der Waals surface area contributed by atoms with Gasteiger partial charge in [-0.05, 0) is 92.7 Å². The predicted molar refractivity (Wildman–Crippen MR) is 172 cm³/mol. The zero-order chi connectivity index (χ0) is 28.2. The van der Waals surface area contributed by atoms with Gasteiger partial charge in [0.25, 0.3) is 0 Å². The van der Waals surface area contributed by atoms with E-state index in [2.05, 4.69) is 64.3 Å². The van der Waals surface area contributed by atoms with E-state index >= 15 is 0 Å². The maximum atomic E-state index is 6.49. The molecule has 4 aromatic carbocycles. The van der Waals surface area contributed by atoms with Crippen LogP contribution < -0.4 is 15.2 Å². The van der Waals surface area contributed by atoms with Gasteiger partial charge in [0.15, 0.2) is 0 Å². The topological polar surface area (TPSA) is 50.9 Å². The minimum Gasteiger partial charge on any atom is -0.457 e. The predicted octanol–water partition coefficient (Wildman–Crippen LogP) is 9.86. The van der Waals surface area contributed by atoms with Crippen molar-refractivity contribution in [3.8, 4) is 33.3 Å². The van der Waals surface area contributed by atoms with Gasteiger partial charge in [0.2, 0.25) is 5.55 Å². The van der Waals surface area contributed by atoms with Gasteiger partial charge in [-0.2, -0.15) is 0 Å². The lowest BCUT2D eigenvalue weighted by Crippen LogP contribution is -2.21. The Morgan fingerprint density at radius 3 is 2.32 bits per heavy atom. The number of nitrogens with zero attached hydrogens (tertiary/aromatic N) is 3. The molecule has 6 aromatic rings. The smallest absolute Gasteiger partial charge is 0.230 e. The zero-order valence-corrected chi connectivity index (χ0v) is 25.2. The molecule has 0 aliphatic carbocycles. The molecule has 41 heavy (non-hydrogen) atoms. The lowest BCUT2D eigenvalue weighted by Gasteiger charge is -2.21. The van der Waals surface area contributed by atoms with Crippen LogP contribution in [0, 0.1) is 0 Å². The Hall–Kier alpha value is -4.20. The van der Waals surface area contributed by atoms with Crippen molar-refractivity contribution in [3.63, 3.8) is 0 Å². The van der Waals surface area contributed by atoms with Gasteiger partial charge in [-0.3, -0.25) is 0 Å². The monoisotopic (exact) mass is 621 g/mol. The first-order chi connectivity index (χ1) is 20.1. The molecule has 0 fully saturated rings. The molecule has 7 heteroatoms. The fourth-order valence-corrected chi connectivity index (χ4v) is 5.71. The van der Waals surface area contributed by atoms with Crippen LogP contribution in [0.5, 0.6) is 11.5 Å². The van der Waals surface area contributed by atoms with Gasteiger partial charge in [-0.1, -0.05) is 34.1 Å². The van der Waals surface area contributed by atoms with E-state index in [-0.39, 0.29) is 0 Å². The lowest BCUT2D eigenvalue weighted by atomic mass is 10.1. The molecule has 0 atom stereocenters. The summed E-state index contributed by atoms with van der Waals surface area (Å²) in [7, 11) is 0. The molecule has 0 saturated carbocycles. The molecule has 0 bridgehead atoms. The second-order valence-electron chi connectivity index (χ2n) is 9.43. The highest BCUT2D eigenvalue weighted by Gasteiger charge is 2.14. The Bertz CT molecular complexity index is 1840. The van der Waals surface area contributed by atoms with E-state index in [1.807, 2.05) is 78.9 Å². The molecule has 0 spiro atoms. The second-order valence-corrected chi connectivity index (χ2v) is 11.2. The summed E-state index contributed by atoms with van der Waals surface area (Å²) in [5, 5.41) is 3.92. The van der Waals surface area contributed by atoms with Crippen molar-refractivity contribution in [1.82, 2.24) is 4.98 Å². The van der Waals surface area contributed by atoms with Crippen LogP contribution in [0.1, 0.15) is 13.8 Å². The van der Waals surface area contributed by atoms with Crippen molar-refractivity contribution in [2.24, 2.45) is 4.99 Å². The lowest BCUT2D eigenvalue weighted by molar-refractivity contribution is 0.483. The van der Waals surface area contributed by atoms with E-state index in [9.17, 15) is 0 Å². The minimum absolute atomic E-state index is 0.532. The molecule has 0 aliphatic heterocycles. The molecule has 0 unspecified atom stereocenters. The van der Waals surface area contributed by atoms with Crippen molar-refractivity contribution in [3.05, 3.63) is 119 Å². The van der Waals surface area contributed by atoms with E-state index in [1.54, 1.807) is 11.3 Å². The van der Waals surface area contributed by atoms with Gasteiger partial charge >= 0.3 is 0 Å². The summed E-state index contributed by atoms with van der Waals surface area (Å²) in [5.74, 6) is 1.59. The average molecular weight is 623 g/mol. The molecule has 0 aliphatic rings. The summed E-state index contributed by atoms with van der Waals surface area (Å²) in [6.45, 7) is 6.17. The van der Waals surface area contributed by atoms with Crippen LogP contribution in [-0.2, 0) is 0 Å². The number of hydrogen-bond donors (Lipinski definition) is 0. The summed E-state index contributed by atoms with van der Waals surface area (Å²) in [6, 6.07) is 34.1. The highest BCUT2D eigenvalue weighted by atomic mass is 79.9. The molecule has 5 nitrogen and oxygen atoms in total. The zero-order valence-electron chi connectivity index (χ0n) is 22.8. The van der Waals surface area contributed by atoms with Gasteiger partial charge in [0, 0.05) is 45.6 Å². The molecule has 204 valence electrons. The number of para-hydroxylation sites is 1. The second kappa shape index (κ2) is 12.1. The Labute approximate surface area is 251 Å². The summed E-state index contributed by atoms with van der Waals surface area (Å²) in [5.41, 5.74) is 6.02. The first kappa shape index (κ1) is 27.0. The molecule has 0 radical (unpaired) electrons. The average Bonchev–Trinajstić information content (AvgIpc) is 3.50. The summed E-state index contributed by atoms with van der Waals surface area (Å²) in [4.78, 5) is 12.2. The van der Waals surface area contributed by atoms with E-state index in [0.717, 1.165) is 73.2 Å². The van der Waals surface area contributed by atoms with E-state index < -0.39 is 0 Å². The van der Waals surface area contributed by atoms with Crippen LogP contribution in [0.4, 0.5) is 11.4 Å². The highest BCUT2D eigenvalue weighted by Crippen LogP contribution is 2.32. The number of rotatable bonds is 8. The molecule has 0 amide bonds. The first-order valence-corrected chi connectivity index (χ1v) is 15.2. The van der Waals surface area contributed by atoms with Gasteiger partial charge in [0.05, 0.1) is 16.9 Å². The van der Waals surface area contributed by atoms with E-state index in [0.29, 0.717) is 5.55 Å². The number of fused-ring (bicyclic) bond motifs is 1. The van der Waals surface area contributed by atoms with Crippen LogP contribution in [0.15, 0.2) is 122 Å². The van der Waals surface area contributed by atoms with Crippen molar-refractivity contribution in [1.29, 1.82) is 0 Å². The molecule has 0 N–H and O–H groups in total. The SMILES string of the molecule is CCN(CC)c1ccc2cc(-c3nc(-c4ccc(Oc5ccccc5)cc4)cs3)c(=Nc3ccc(Br)cc3)oc2c1. The molecule has 2 heterocycles. The summed E-state index contributed by atoms with van der Waals surface area (Å²) in [6.07, 6.45) is 0. The number of halogens is 1. The summed E-state index contributed by atoms with van der Waals surface area (Å²) < 4.78 is 13.4. The molecule has 0 saturated heterocycles. The fourth-order valence-electron chi connectivity index (χ4n) is 4.61. The maximum absolute atomic E-state index is 6.49. The fraction of sp³-hybridized carbons (Fsp3) is 0.118. The van der Waals surface area contributed by atoms with Crippen LogP contribution in [0.3, 0.4) is 0 Å². The number of benzene rings is 4. The third-order valence-electron chi connectivity index (χ3n) is 6.78. The number of thiazole rings is 1. The molecular formula is C34H28BrN3O2S. The maximum Gasteiger partial charge on any atom is 0.230 e. The van der Waals surface area contributed by atoms with Crippen LogP contribution in [0.2, 0.25) is 0 Å². The van der Waals surface area contributed by atoms with E-state index in [1.165, 1.54) is 0 Å². The van der Waals surface area contributed by atoms with Gasteiger partial charge in [-0.15, -0.1) is 11.3 Å². The third-order valence-corrected chi connectivity index (χ3v) is 8.19. The van der Waals surface area contributed by atoms with E-state index in [4.69, 9.17) is 19.1 Å². The van der Waals surface area contributed by atoms with Crippen LogP contribution >= 0.6 is 27.3 Å². The van der Waals surface area contributed by atoms with Gasteiger partial charge in [-0.25, -0.2) is 9.98 Å². The minimum atomic E-state index is 0.532. The molecule has 6 rings (SSSR count). The molecular weight excluding hydrogens is 594 g/mol. The quantitative estimate of drug-likeness (QED) is 0.170. The van der Waals surface area contributed by atoms with Crippen LogP contribution in [0.25, 0.3) is 32.8 Å². The largest absolute Gasteiger partial charge is 0.457 e. The first-order valence-electron chi connectivity index (χ1n) is 13.5. The van der Waals surface area contributed by atoms with Gasteiger partial charge < -0.3 is 14.1 Å². The van der Waals surface area contributed by atoms with Gasteiger partial charge in [0.1, 0.15) is 22.1 Å². The Morgan fingerprint density at radius 1 is 0.854 bits per heavy atom. The standard InChI is InChI=1S/C34H28BrN3O2S/c1-3-38(4-2)27-17-10-24-20-30(33(40-32(24)21-27)36-26-15-13-25(35)14-16-26)34-37-31(22-41-34)23-11-18-29(19-12-23)39-28-8-6-5-7-9-28/h5-22H,3-4H2,1-2H3. The Kier molecular flexibility index (Phi) is 7.98. The van der Waals surface area contributed by atoms with Crippen molar-refractivity contribution in [2.75, 3.05) is 18.0 Å². The number of anilines is 1. The number of aromatic nitrogens is 1. The van der Waals surface area contributed by atoms with Crippen molar-refractivity contribution in [2.45, 2.75) is 13.8 Å². The van der Waals surface area contributed by atoms with Crippen molar-refractivity contribution < 1.29 is 9.15 Å². The highest BCUT2D eigenvalue weighted by molar-refractivity contribution is 9.10.